The summed E-state index contributed by atoms with van der Waals surface area (Å²) in [4.78, 5) is 19.3. The second-order valence-corrected chi connectivity index (χ2v) is 9.43. The maximum atomic E-state index is 13.8. The SMILES string of the molecule is CCN1CCC(c2ccc(Nc3nc(-c4ccc(F)cc4CN)cc4c3C(C=O)NC=C4)cc2)CC1. The van der Waals surface area contributed by atoms with E-state index in [1.165, 1.54) is 30.5 Å². The van der Waals surface area contributed by atoms with Gasteiger partial charge in [0, 0.05) is 23.4 Å². The predicted molar refractivity (Wildman–Crippen MR) is 142 cm³/mol. The van der Waals surface area contributed by atoms with Crippen LogP contribution in [0.4, 0.5) is 15.9 Å². The number of nitrogens with one attached hydrogen (secondary N) is 2. The molecular weight excluding hydrogens is 453 g/mol. The number of carbonyl (C=O) groups is 1. The number of nitrogens with zero attached hydrogens (tertiary/aromatic N) is 2. The van der Waals surface area contributed by atoms with E-state index in [9.17, 15) is 9.18 Å². The van der Waals surface area contributed by atoms with Crippen LogP contribution >= 0.6 is 0 Å². The van der Waals surface area contributed by atoms with Crippen molar-refractivity contribution in [3.63, 3.8) is 0 Å². The summed E-state index contributed by atoms with van der Waals surface area (Å²) in [5.74, 6) is 0.840. The van der Waals surface area contributed by atoms with Gasteiger partial charge < -0.3 is 26.1 Å². The van der Waals surface area contributed by atoms with Crippen molar-refractivity contribution in [1.29, 1.82) is 0 Å². The van der Waals surface area contributed by atoms with E-state index in [0.717, 1.165) is 48.3 Å². The van der Waals surface area contributed by atoms with Gasteiger partial charge in [0.15, 0.2) is 0 Å². The van der Waals surface area contributed by atoms with Gasteiger partial charge in [-0.2, -0.15) is 0 Å². The highest BCUT2D eigenvalue weighted by molar-refractivity contribution is 5.80. The lowest BCUT2D eigenvalue weighted by Gasteiger charge is -2.31. The molecule has 3 heterocycles. The van der Waals surface area contributed by atoms with Gasteiger partial charge in [0.05, 0.1) is 5.69 Å². The molecule has 6 nitrogen and oxygen atoms in total. The highest BCUT2D eigenvalue weighted by Gasteiger charge is 2.24. The number of pyridine rings is 1. The highest BCUT2D eigenvalue weighted by atomic mass is 19.1. The molecule has 2 aliphatic rings. The van der Waals surface area contributed by atoms with Crippen LogP contribution in [-0.4, -0.2) is 35.8 Å². The molecule has 1 aromatic heterocycles. The zero-order chi connectivity index (χ0) is 25.1. The first-order valence-corrected chi connectivity index (χ1v) is 12.6. The van der Waals surface area contributed by atoms with Gasteiger partial charge >= 0.3 is 0 Å². The number of aldehydes is 1. The lowest BCUT2D eigenvalue weighted by atomic mass is 9.89. The van der Waals surface area contributed by atoms with Gasteiger partial charge in [0.25, 0.3) is 0 Å². The lowest BCUT2D eigenvalue weighted by Crippen LogP contribution is -2.32. The van der Waals surface area contributed by atoms with E-state index >= 15 is 0 Å². The van der Waals surface area contributed by atoms with E-state index in [-0.39, 0.29) is 12.4 Å². The molecule has 0 saturated carbocycles. The zero-order valence-electron chi connectivity index (χ0n) is 20.5. The molecule has 1 fully saturated rings. The summed E-state index contributed by atoms with van der Waals surface area (Å²) in [6.45, 7) is 5.82. The first kappa shape index (κ1) is 24.2. The summed E-state index contributed by atoms with van der Waals surface area (Å²) in [6.07, 6.45) is 6.92. The van der Waals surface area contributed by atoms with E-state index < -0.39 is 6.04 Å². The molecule has 0 bridgehead atoms. The van der Waals surface area contributed by atoms with Crippen LogP contribution < -0.4 is 16.4 Å². The monoisotopic (exact) mass is 485 g/mol. The molecule has 1 atom stereocenters. The molecule has 3 aromatic rings. The third-order valence-electron chi connectivity index (χ3n) is 7.32. The maximum Gasteiger partial charge on any atom is 0.146 e. The molecule has 5 rings (SSSR count). The van der Waals surface area contributed by atoms with Crippen LogP contribution in [0, 0.1) is 5.82 Å². The van der Waals surface area contributed by atoms with Crippen molar-refractivity contribution in [2.24, 2.45) is 5.73 Å². The van der Waals surface area contributed by atoms with Gasteiger partial charge in [-0.1, -0.05) is 19.1 Å². The molecule has 7 heteroatoms. The maximum absolute atomic E-state index is 13.8. The Balaban J connectivity index is 1.48. The van der Waals surface area contributed by atoms with Gasteiger partial charge in [-0.05, 0) is 104 Å². The Morgan fingerprint density at radius 2 is 1.94 bits per heavy atom. The van der Waals surface area contributed by atoms with Gasteiger partial charge in [-0.15, -0.1) is 0 Å². The summed E-state index contributed by atoms with van der Waals surface area (Å²) >= 11 is 0. The Labute approximate surface area is 211 Å². The number of anilines is 2. The van der Waals surface area contributed by atoms with E-state index in [4.69, 9.17) is 10.7 Å². The highest BCUT2D eigenvalue weighted by Crippen LogP contribution is 2.36. The second kappa shape index (κ2) is 10.6. The Morgan fingerprint density at radius 3 is 2.64 bits per heavy atom. The molecule has 1 unspecified atom stereocenters. The Kier molecular flexibility index (Phi) is 7.11. The largest absolute Gasteiger partial charge is 0.378 e. The van der Waals surface area contributed by atoms with Crippen LogP contribution in [0.3, 0.4) is 0 Å². The smallest absolute Gasteiger partial charge is 0.146 e. The van der Waals surface area contributed by atoms with Gasteiger partial charge in [-0.3, -0.25) is 0 Å². The molecular formula is C29H32FN5O. The van der Waals surface area contributed by atoms with Crippen LogP contribution in [0.2, 0.25) is 0 Å². The van der Waals surface area contributed by atoms with Crippen molar-refractivity contribution >= 4 is 23.9 Å². The molecule has 186 valence electrons. The minimum absolute atomic E-state index is 0.196. The zero-order valence-corrected chi connectivity index (χ0v) is 20.5. The first-order chi connectivity index (χ1) is 17.6. The van der Waals surface area contributed by atoms with Gasteiger partial charge in [0.1, 0.15) is 24.0 Å². The third kappa shape index (κ3) is 4.90. The number of aromatic nitrogens is 1. The molecule has 0 aliphatic carbocycles. The van der Waals surface area contributed by atoms with Crippen molar-refractivity contribution in [1.82, 2.24) is 15.2 Å². The number of halogens is 1. The molecule has 36 heavy (non-hydrogen) atoms. The average molecular weight is 486 g/mol. The number of hydrogen-bond acceptors (Lipinski definition) is 6. The minimum Gasteiger partial charge on any atom is -0.378 e. The molecule has 2 aromatic carbocycles. The first-order valence-electron chi connectivity index (χ1n) is 12.6. The van der Waals surface area contributed by atoms with Crippen LogP contribution in [0.5, 0.6) is 0 Å². The van der Waals surface area contributed by atoms with Crippen LogP contribution in [0.15, 0.2) is 54.7 Å². The molecule has 0 amide bonds. The van der Waals surface area contributed by atoms with Crippen molar-refractivity contribution in [3.8, 4) is 11.3 Å². The standard InChI is InChI=1S/C29H32FN5O/c1-2-35-13-10-20(11-14-35)19-3-6-24(7-4-19)33-29-28-21(9-12-32-27(28)18-36)16-26(34-29)25-8-5-23(30)15-22(25)17-31/h3-9,12,15-16,18,20,27,32H,2,10-11,13-14,17,31H2,1H3,(H,33,34). The van der Waals surface area contributed by atoms with E-state index in [1.807, 2.05) is 12.1 Å². The van der Waals surface area contributed by atoms with Crippen LogP contribution in [-0.2, 0) is 11.3 Å². The number of benzene rings is 2. The second-order valence-electron chi connectivity index (χ2n) is 9.43. The number of hydrogen-bond donors (Lipinski definition) is 3. The summed E-state index contributed by atoms with van der Waals surface area (Å²) < 4.78 is 13.8. The molecule has 0 radical (unpaired) electrons. The predicted octanol–water partition coefficient (Wildman–Crippen LogP) is 5.10. The number of fused-ring (bicyclic) bond motifs is 1. The molecule has 1 saturated heterocycles. The van der Waals surface area contributed by atoms with E-state index in [2.05, 4.69) is 46.7 Å². The van der Waals surface area contributed by atoms with Crippen molar-refractivity contribution in [2.45, 2.75) is 38.3 Å². The fraction of sp³-hybridized carbons (Fsp3) is 0.310. The number of nitrogens with two attached hydrogens (primary N) is 1. The number of rotatable bonds is 7. The number of piperidine rings is 1. The molecule has 4 N–H and O–H groups in total. The summed E-state index contributed by atoms with van der Waals surface area (Å²) in [5.41, 5.74) is 11.9. The quantitative estimate of drug-likeness (QED) is 0.404. The van der Waals surface area contributed by atoms with Gasteiger partial charge in [0.2, 0.25) is 0 Å². The summed E-state index contributed by atoms with van der Waals surface area (Å²) in [6, 6.07) is 14.5. The Hall–Kier alpha value is -3.55. The van der Waals surface area contributed by atoms with Crippen molar-refractivity contribution in [3.05, 3.63) is 82.8 Å². The fourth-order valence-corrected chi connectivity index (χ4v) is 5.24. The Morgan fingerprint density at radius 1 is 1.17 bits per heavy atom. The molecule has 2 aliphatic heterocycles. The molecule has 0 spiro atoms. The topological polar surface area (TPSA) is 83.3 Å². The van der Waals surface area contributed by atoms with Crippen LogP contribution in [0.25, 0.3) is 17.3 Å². The van der Waals surface area contributed by atoms with Gasteiger partial charge in [-0.25, -0.2) is 9.37 Å². The third-order valence-corrected chi connectivity index (χ3v) is 7.32. The fourth-order valence-electron chi connectivity index (χ4n) is 5.24. The normalized spacial score (nSPS) is 17.9. The van der Waals surface area contributed by atoms with Crippen LogP contribution in [0.1, 0.15) is 54.0 Å². The Bertz CT molecular complexity index is 1270. The van der Waals surface area contributed by atoms with Crippen molar-refractivity contribution in [2.75, 3.05) is 25.0 Å². The number of carbonyl (C=O) groups excluding carboxylic acids is 1. The average Bonchev–Trinajstić information content (AvgIpc) is 2.93. The summed E-state index contributed by atoms with van der Waals surface area (Å²) in [7, 11) is 0. The summed E-state index contributed by atoms with van der Waals surface area (Å²) in [5, 5.41) is 6.54. The minimum atomic E-state index is -0.515. The number of likely N-dealkylation sites (tertiary alicyclic amines) is 1. The van der Waals surface area contributed by atoms with E-state index in [0.29, 0.717) is 23.0 Å². The van der Waals surface area contributed by atoms with Crippen molar-refractivity contribution < 1.29 is 9.18 Å². The lowest BCUT2D eigenvalue weighted by molar-refractivity contribution is -0.109. The van der Waals surface area contributed by atoms with E-state index in [1.54, 1.807) is 12.3 Å².